The van der Waals surface area contributed by atoms with E-state index in [0.29, 0.717) is 6.42 Å². The Morgan fingerprint density at radius 1 is 1.15 bits per heavy atom. The molecule has 0 saturated heterocycles. The van der Waals surface area contributed by atoms with E-state index < -0.39 is 5.60 Å². The van der Waals surface area contributed by atoms with Crippen LogP contribution in [0.4, 0.5) is 4.39 Å². The minimum absolute atomic E-state index is 0.0359. The third-order valence-corrected chi connectivity index (χ3v) is 5.11. The fourth-order valence-corrected chi connectivity index (χ4v) is 3.43. The highest BCUT2D eigenvalue weighted by atomic mass is 19.1. The normalized spacial score (nSPS) is 15.8. The van der Waals surface area contributed by atoms with Crippen LogP contribution in [0.5, 0.6) is 0 Å². The Balaban J connectivity index is 2.41. The molecule has 2 aromatic carbocycles. The molecule has 140 valence electrons. The number of hydrogen-bond acceptors (Lipinski definition) is 2. The molecule has 3 heteroatoms. The van der Waals surface area contributed by atoms with Crippen molar-refractivity contribution in [2.24, 2.45) is 5.92 Å². The molecular formula is C23H30FNO. The van der Waals surface area contributed by atoms with Crippen LogP contribution in [-0.4, -0.2) is 36.2 Å². The molecule has 2 nitrogen and oxygen atoms in total. The Morgan fingerprint density at radius 2 is 1.77 bits per heavy atom. The Bertz CT molecular complexity index is 751. The minimum atomic E-state index is -0.981. The quantitative estimate of drug-likeness (QED) is 0.777. The average molecular weight is 355 g/mol. The van der Waals surface area contributed by atoms with Gasteiger partial charge in [-0.3, -0.25) is 0 Å². The van der Waals surface area contributed by atoms with Gasteiger partial charge in [0.05, 0.1) is 5.60 Å². The van der Waals surface area contributed by atoms with E-state index in [4.69, 9.17) is 0 Å². The first-order valence-electron chi connectivity index (χ1n) is 9.08. The van der Waals surface area contributed by atoms with Crippen LogP contribution < -0.4 is 0 Å². The predicted molar refractivity (Wildman–Crippen MR) is 108 cm³/mol. The summed E-state index contributed by atoms with van der Waals surface area (Å²) in [7, 11) is 4.04. The van der Waals surface area contributed by atoms with E-state index in [1.807, 2.05) is 39.2 Å². The predicted octanol–water partition coefficient (Wildman–Crippen LogP) is 4.71. The summed E-state index contributed by atoms with van der Waals surface area (Å²) in [4.78, 5) is 2.10. The standard InChI is InChI=1S/C23H30FNO/c1-17-8-6-7-9-21(17)15-23(26,19(3)16-25(4)5)18(2)14-20-10-12-22(24)13-11-20/h6-14,19,26H,15-16H2,1-5H3. The van der Waals surface area contributed by atoms with Crippen molar-refractivity contribution in [2.45, 2.75) is 32.8 Å². The van der Waals surface area contributed by atoms with Crippen LogP contribution in [0.2, 0.25) is 0 Å². The first-order valence-corrected chi connectivity index (χ1v) is 9.08. The molecule has 2 atom stereocenters. The lowest BCUT2D eigenvalue weighted by Gasteiger charge is -2.37. The number of rotatable bonds is 7. The summed E-state index contributed by atoms with van der Waals surface area (Å²) in [6.07, 6.45) is 2.52. The van der Waals surface area contributed by atoms with Crippen molar-refractivity contribution in [3.8, 4) is 0 Å². The van der Waals surface area contributed by atoms with Crippen LogP contribution in [0.3, 0.4) is 0 Å². The van der Waals surface area contributed by atoms with E-state index in [-0.39, 0.29) is 11.7 Å². The van der Waals surface area contributed by atoms with Crippen LogP contribution in [0.1, 0.15) is 30.5 Å². The lowest BCUT2D eigenvalue weighted by Crippen LogP contribution is -2.44. The Morgan fingerprint density at radius 3 is 2.35 bits per heavy atom. The Hall–Kier alpha value is -1.97. The molecule has 2 rings (SSSR count). The summed E-state index contributed by atoms with van der Waals surface area (Å²) in [5.74, 6) is -0.218. The first-order chi connectivity index (χ1) is 12.2. The van der Waals surface area contributed by atoms with Crippen LogP contribution in [0, 0.1) is 18.7 Å². The number of aryl methyl sites for hydroxylation is 1. The zero-order valence-corrected chi connectivity index (χ0v) is 16.5. The lowest BCUT2D eigenvalue weighted by atomic mass is 9.76. The number of halogens is 1. The zero-order valence-electron chi connectivity index (χ0n) is 16.5. The van der Waals surface area contributed by atoms with Gasteiger partial charge >= 0.3 is 0 Å². The Labute approximate surface area is 157 Å². The molecule has 0 saturated carbocycles. The smallest absolute Gasteiger partial charge is 0.123 e. The van der Waals surface area contributed by atoms with Gasteiger partial charge in [0.25, 0.3) is 0 Å². The molecule has 0 fully saturated rings. The van der Waals surface area contributed by atoms with Crippen LogP contribution >= 0.6 is 0 Å². The van der Waals surface area contributed by atoms with Gasteiger partial charge in [-0.05, 0) is 62.3 Å². The van der Waals surface area contributed by atoms with E-state index in [1.165, 1.54) is 17.7 Å². The average Bonchev–Trinajstić information content (AvgIpc) is 2.58. The summed E-state index contributed by atoms with van der Waals surface area (Å²) in [5.41, 5.74) is 3.13. The van der Waals surface area contributed by atoms with Gasteiger partial charge in [-0.25, -0.2) is 4.39 Å². The highest BCUT2D eigenvalue weighted by Crippen LogP contribution is 2.33. The SMILES string of the molecule is CC(=Cc1ccc(F)cc1)C(O)(Cc1ccccc1C)C(C)CN(C)C. The van der Waals surface area contributed by atoms with Gasteiger partial charge in [0.1, 0.15) is 5.82 Å². The molecule has 0 aliphatic rings. The molecule has 2 unspecified atom stereocenters. The van der Waals surface area contributed by atoms with E-state index >= 15 is 0 Å². The molecule has 0 bridgehead atoms. The number of benzene rings is 2. The van der Waals surface area contributed by atoms with Gasteiger partial charge in [0, 0.05) is 18.9 Å². The van der Waals surface area contributed by atoms with Gasteiger partial charge in [-0.2, -0.15) is 0 Å². The van der Waals surface area contributed by atoms with Crippen LogP contribution in [0.25, 0.3) is 6.08 Å². The molecule has 1 N–H and O–H groups in total. The van der Waals surface area contributed by atoms with Crippen molar-refractivity contribution < 1.29 is 9.50 Å². The summed E-state index contributed by atoms with van der Waals surface area (Å²) in [5, 5.41) is 11.7. The molecule has 0 aromatic heterocycles. The van der Waals surface area contributed by atoms with E-state index in [1.54, 1.807) is 12.1 Å². The van der Waals surface area contributed by atoms with Crippen LogP contribution in [-0.2, 0) is 6.42 Å². The van der Waals surface area contributed by atoms with Crippen molar-refractivity contribution in [1.82, 2.24) is 4.90 Å². The molecule has 0 aliphatic heterocycles. The summed E-state index contributed by atoms with van der Waals surface area (Å²) in [6, 6.07) is 14.6. The van der Waals surface area contributed by atoms with Crippen LogP contribution in [0.15, 0.2) is 54.1 Å². The molecule has 0 radical (unpaired) electrons. The van der Waals surface area contributed by atoms with E-state index in [9.17, 15) is 9.50 Å². The summed E-state index contributed by atoms with van der Waals surface area (Å²) in [6.45, 7) is 6.90. The van der Waals surface area contributed by atoms with Gasteiger partial charge in [0.2, 0.25) is 0 Å². The number of aliphatic hydroxyl groups is 1. The first kappa shape index (κ1) is 20.3. The van der Waals surface area contributed by atoms with Crippen molar-refractivity contribution >= 4 is 6.08 Å². The van der Waals surface area contributed by atoms with Gasteiger partial charge < -0.3 is 10.0 Å². The second kappa shape index (κ2) is 8.61. The maximum Gasteiger partial charge on any atom is 0.123 e. The highest BCUT2D eigenvalue weighted by molar-refractivity contribution is 5.55. The maximum absolute atomic E-state index is 13.2. The highest BCUT2D eigenvalue weighted by Gasteiger charge is 2.36. The minimum Gasteiger partial charge on any atom is -0.385 e. The molecule has 2 aromatic rings. The fraction of sp³-hybridized carbons (Fsp3) is 0.391. The van der Waals surface area contributed by atoms with Crippen molar-refractivity contribution in [1.29, 1.82) is 0 Å². The van der Waals surface area contributed by atoms with Gasteiger partial charge in [-0.15, -0.1) is 0 Å². The second-order valence-electron chi connectivity index (χ2n) is 7.57. The monoisotopic (exact) mass is 355 g/mol. The molecular weight excluding hydrogens is 325 g/mol. The Kier molecular flexibility index (Phi) is 6.74. The fourth-order valence-electron chi connectivity index (χ4n) is 3.43. The molecule has 26 heavy (non-hydrogen) atoms. The third kappa shape index (κ3) is 5.03. The molecule has 0 aliphatic carbocycles. The molecule has 0 heterocycles. The molecule has 0 amide bonds. The third-order valence-electron chi connectivity index (χ3n) is 5.11. The van der Waals surface area contributed by atoms with Crippen molar-refractivity contribution in [2.75, 3.05) is 20.6 Å². The van der Waals surface area contributed by atoms with Gasteiger partial charge in [-0.1, -0.05) is 49.4 Å². The number of hydrogen-bond donors (Lipinski definition) is 1. The number of nitrogens with zero attached hydrogens (tertiary/aromatic N) is 1. The van der Waals surface area contributed by atoms with Gasteiger partial charge in [0.15, 0.2) is 0 Å². The van der Waals surface area contributed by atoms with Crippen molar-refractivity contribution in [3.05, 3.63) is 76.6 Å². The van der Waals surface area contributed by atoms with E-state index in [0.717, 1.165) is 23.2 Å². The topological polar surface area (TPSA) is 23.5 Å². The maximum atomic E-state index is 13.2. The second-order valence-corrected chi connectivity index (χ2v) is 7.57. The molecule has 0 spiro atoms. The lowest BCUT2D eigenvalue weighted by molar-refractivity contribution is 0.0148. The summed E-state index contributed by atoms with van der Waals surface area (Å²) < 4.78 is 13.2. The van der Waals surface area contributed by atoms with E-state index in [2.05, 4.69) is 30.9 Å². The van der Waals surface area contributed by atoms with Crippen molar-refractivity contribution in [3.63, 3.8) is 0 Å². The zero-order chi connectivity index (χ0) is 19.3. The largest absolute Gasteiger partial charge is 0.385 e. The summed E-state index contributed by atoms with van der Waals surface area (Å²) >= 11 is 0.